The van der Waals surface area contributed by atoms with Gasteiger partial charge in [0, 0.05) is 38.9 Å². The van der Waals surface area contributed by atoms with Gasteiger partial charge in [-0.05, 0) is 23.8 Å². The monoisotopic (exact) mass is 290 g/mol. The van der Waals surface area contributed by atoms with E-state index in [1.165, 1.54) is 18.3 Å². The highest BCUT2D eigenvalue weighted by molar-refractivity contribution is 5.38. The van der Waals surface area contributed by atoms with Gasteiger partial charge in [0.15, 0.2) is 0 Å². The van der Waals surface area contributed by atoms with Crippen molar-refractivity contribution in [1.29, 1.82) is 0 Å². The smallest absolute Gasteiger partial charge is 0.214 e. The zero-order chi connectivity index (χ0) is 14.7. The molecule has 21 heavy (non-hydrogen) atoms. The number of aromatic nitrogens is 2. The maximum atomic E-state index is 13.1. The van der Waals surface area contributed by atoms with Gasteiger partial charge in [0.2, 0.25) is 5.95 Å². The Hall–Kier alpha value is -2.08. The molecule has 2 aromatic heterocycles. The molecule has 1 fully saturated rings. The molecule has 0 N–H and O–H groups in total. The van der Waals surface area contributed by atoms with Crippen LogP contribution in [-0.2, 0) is 6.54 Å². The van der Waals surface area contributed by atoms with Crippen molar-refractivity contribution < 1.29 is 8.78 Å². The Morgan fingerprint density at radius 2 is 1.86 bits per heavy atom. The Kier molecular flexibility index (Phi) is 4.06. The molecule has 0 aromatic carbocycles. The number of piperazine rings is 1. The quantitative estimate of drug-likeness (QED) is 0.810. The summed E-state index contributed by atoms with van der Waals surface area (Å²) in [5.41, 5.74) is 0.868. The van der Waals surface area contributed by atoms with Crippen LogP contribution in [0.2, 0.25) is 0 Å². The molecular formula is C15H16F2N4. The maximum absolute atomic E-state index is 13.1. The Balaban J connectivity index is 1.58. The van der Waals surface area contributed by atoms with E-state index in [1.54, 1.807) is 12.3 Å². The van der Waals surface area contributed by atoms with Gasteiger partial charge in [-0.25, -0.2) is 9.37 Å². The van der Waals surface area contributed by atoms with Crippen LogP contribution in [0, 0.1) is 11.8 Å². The van der Waals surface area contributed by atoms with Crippen LogP contribution in [0.5, 0.6) is 0 Å². The molecule has 3 heterocycles. The number of anilines is 1. The molecule has 2 aromatic rings. The van der Waals surface area contributed by atoms with Crippen molar-refractivity contribution in [2.24, 2.45) is 0 Å². The van der Waals surface area contributed by atoms with Gasteiger partial charge < -0.3 is 4.90 Å². The Morgan fingerprint density at radius 1 is 1.05 bits per heavy atom. The lowest BCUT2D eigenvalue weighted by atomic mass is 10.2. The van der Waals surface area contributed by atoms with Crippen molar-refractivity contribution in [3.63, 3.8) is 0 Å². The van der Waals surface area contributed by atoms with E-state index in [0.29, 0.717) is 12.4 Å². The number of halogens is 2. The molecule has 0 spiro atoms. The van der Waals surface area contributed by atoms with Gasteiger partial charge in [-0.2, -0.15) is 4.39 Å². The van der Waals surface area contributed by atoms with Gasteiger partial charge >= 0.3 is 0 Å². The predicted molar refractivity (Wildman–Crippen MR) is 75.9 cm³/mol. The van der Waals surface area contributed by atoms with Gasteiger partial charge in [-0.3, -0.25) is 9.88 Å². The van der Waals surface area contributed by atoms with Crippen LogP contribution in [-0.4, -0.2) is 41.0 Å². The number of hydrogen-bond donors (Lipinski definition) is 0. The summed E-state index contributed by atoms with van der Waals surface area (Å²) in [6.07, 6.45) is 2.89. The van der Waals surface area contributed by atoms with E-state index < -0.39 is 5.95 Å². The Labute approximate surface area is 122 Å². The molecule has 0 atom stereocenters. The van der Waals surface area contributed by atoms with Crippen LogP contribution in [0.4, 0.5) is 14.6 Å². The van der Waals surface area contributed by atoms with E-state index in [0.717, 1.165) is 31.7 Å². The number of pyridine rings is 2. The normalized spacial score (nSPS) is 16.2. The first-order valence-corrected chi connectivity index (χ1v) is 6.90. The molecule has 1 aliphatic rings. The fourth-order valence-corrected chi connectivity index (χ4v) is 2.51. The first-order valence-electron chi connectivity index (χ1n) is 6.90. The number of nitrogens with zero attached hydrogens (tertiary/aromatic N) is 4. The average molecular weight is 290 g/mol. The first kappa shape index (κ1) is 13.9. The molecule has 110 valence electrons. The minimum absolute atomic E-state index is 0.310. The van der Waals surface area contributed by atoms with Crippen molar-refractivity contribution in [2.45, 2.75) is 6.54 Å². The molecule has 1 saturated heterocycles. The number of rotatable bonds is 3. The molecule has 0 radical (unpaired) electrons. The summed E-state index contributed by atoms with van der Waals surface area (Å²) in [6, 6.07) is 6.34. The van der Waals surface area contributed by atoms with E-state index >= 15 is 0 Å². The van der Waals surface area contributed by atoms with Gasteiger partial charge in [0.1, 0.15) is 11.6 Å². The van der Waals surface area contributed by atoms with Gasteiger partial charge in [0.25, 0.3) is 0 Å². The summed E-state index contributed by atoms with van der Waals surface area (Å²) in [7, 11) is 0. The van der Waals surface area contributed by atoms with Crippen LogP contribution in [0.25, 0.3) is 0 Å². The van der Waals surface area contributed by atoms with Crippen molar-refractivity contribution >= 4 is 5.82 Å². The second-order valence-corrected chi connectivity index (χ2v) is 5.09. The summed E-state index contributed by atoms with van der Waals surface area (Å²) >= 11 is 0. The van der Waals surface area contributed by atoms with Crippen LogP contribution < -0.4 is 4.90 Å². The van der Waals surface area contributed by atoms with E-state index in [9.17, 15) is 8.78 Å². The molecule has 0 unspecified atom stereocenters. The molecule has 0 bridgehead atoms. The molecule has 1 aliphatic heterocycles. The highest BCUT2D eigenvalue weighted by atomic mass is 19.1. The molecule has 3 rings (SSSR count). The standard InChI is InChI=1S/C15H16F2N4/c16-13-8-12(9-18-10-13)11-20-4-6-21(7-5-20)15-3-1-2-14(17)19-15/h1-3,8-10H,4-7,11H2. The SMILES string of the molecule is Fc1cncc(CN2CCN(c3cccc(F)n3)CC2)c1. The second kappa shape index (κ2) is 6.13. The summed E-state index contributed by atoms with van der Waals surface area (Å²) in [6.45, 7) is 3.89. The van der Waals surface area contributed by atoms with Gasteiger partial charge in [-0.15, -0.1) is 0 Å². The largest absolute Gasteiger partial charge is 0.354 e. The highest BCUT2D eigenvalue weighted by Gasteiger charge is 2.18. The summed E-state index contributed by atoms with van der Waals surface area (Å²) in [5.74, 6) is -0.0991. The minimum atomic E-state index is -0.458. The second-order valence-electron chi connectivity index (χ2n) is 5.09. The first-order chi connectivity index (χ1) is 10.2. The van der Waals surface area contributed by atoms with E-state index in [1.807, 2.05) is 6.07 Å². The van der Waals surface area contributed by atoms with Crippen LogP contribution in [0.3, 0.4) is 0 Å². The molecule has 6 heteroatoms. The average Bonchev–Trinajstić information content (AvgIpc) is 2.48. The predicted octanol–water partition coefficient (Wildman–Crippen LogP) is 2.08. The van der Waals surface area contributed by atoms with E-state index in [4.69, 9.17) is 0 Å². The zero-order valence-corrected chi connectivity index (χ0v) is 11.5. The lowest BCUT2D eigenvalue weighted by Crippen LogP contribution is -2.46. The van der Waals surface area contributed by atoms with Crippen LogP contribution >= 0.6 is 0 Å². The topological polar surface area (TPSA) is 32.3 Å². The van der Waals surface area contributed by atoms with Crippen molar-refractivity contribution in [3.05, 3.63) is 54.0 Å². The van der Waals surface area contributed by atoms with Gasteiger partial charge in [-0.1, -0.05) is 6.07 Å². The van der Waals surface area contributed by atoms with Crippen molar-refractivity contribution in [3.8, 4) is 0 Å². The van der Waals surface area contributed by atoms with Crippen molar-refractivity contribution in [1.82, 2.24) is 14.9 Å². The zero-order valence-electron chi connectivity index (χ0n) is 11.5. The van der Waals surface area contributed by atoms with E-state index in [-0.39, 0.29) is 5.82 Å². The Morgan fingerprint density at radius 3 is 2.57 bits per heavy atom. The highest BCUT2D eigenvalue weighted by Crippen LogP contribution is 2.15. The lowest BCUT2D eigenvalue weighted by molar-refractivity contribution is 0.248. The fraction of sp³-hybridized carbons (Fsp3) is 0.333. The van der Waals surface area contributed by atoms with Crippen molar-refractivity contribution in [2.75, 3.05) is 31.1 Å². The molecule has 0 amide bonds. The maximum Gasteiger partial charge on any atom is 0.214 e. The molecule has 4 nitrogen and oxygen atoms in total. The van der Waals surface area contributed by atoms with Crippen LogP contribution in [0.1, 0.15) is 5.56 Å². The third-order valence-corrected chi connectivity index (χ3v) is 3.56. The Bertz CT molecular complexity index is 612. The minimum Gasteiger partial charge on any atom is -0.354 e. The third kappa shape index (κ3) is 3.52. The number of hydrogen-bond acceptors (Lipinski definition) is 4. The van der Waals surface area contributed by atoms with E-state index in [2.05, 4.69) is 19.8 Å². The van der Waals surface area contributed by atoms with Crippen LogP contribution in [0.15, 0.2) is 36.7 Å². The van der Waals surface area contributed by atoms with Gasteiger partial charge in [0.05, 0.1) is 6.20 Å². The molecule has 0 saturated carbocycles. The third-order valence-electron chi connectivity index (χ3n) is 3.56. The summed E-state index contributed by atoms with van der Waals surface area (Å²) in [4.78, 5) is 12.0. The summed E-state index contributed by atoms with van der Waals surface area (Å²) < 4.78 is 26.2. The fourth-order valence-electron chi connectivity index (χ4n) is 2.51. The summed E-state index contributed by atoms with van der Waals surface area (Å²) in [5, 5.41) is 0. The molecular weight excluding hydrogens is 274 g/mol. The molecule has 0 aliphatic carbocycles. The lowest BCUT2D eigenvalue weighted by Gasteiger charge is -2.35.